The first-order valence-electron chi connectivity index (χ1n) is 12.0. The van der Waals surface area contributed by atoms with E-state index in [1.54, 1.807) is 24.3 Å². The highest BCUT2D eigenvalue weighted by Gasteiger charge is 2.54. The van der Waals surface area contributed by atoms with Crippen LogP contribution in [-0.2, 0) is 19.6 Å². The molecule has 4 fully saturated rings. The van der Waals surface area contributed by atoms with Crippen LogP contribution in [0.4, 0.5) is 5.69 Å². The van der Waals surface area contributed by atoms with Crippen LogP contribution in [0.2, 0.25) is 0 Å². The van der Waals surface area contributed by atoms with Crippen LogP contribution in [0.15, 0.2) is 29.2 Å². The number of benzene rings is 1. The van der Waals surface area contributed by atoms with Gasteiger partial charge in [-0.25, -0.2) is 18.9 Å². The van der Waals surface area contributed by atoms with Gasteiger partial charge in [0, 0.05) is 37.5 Å². The van der Waals surface area contributed by atoms with Crippen molar-refractivity contribution < 1.29 is 17.9 Å². The average molecular weight is 489 g/mol. The summed E-state index contributed by atoms with van der Waals surface area (Å²) in [6.07, 6.45) is 3.28. The van der Waals surface area contributed by atoms with E-state index in [-0.39, 0.29) is 35.0 Å². The number of nitrogens with zero attached hydrogens (tertiary/aromatic N) is 3. The van der Waals surface area contributed by atoms with Gasteiger partial charge in [0.2, 0.25) is 15.9 Å². The summed E-state index contributed by atoms with van der Waals surface area (Å²) in [4.78, 5) is 13.2. The lowest BCUT2D eigenvalue weighted by Crippen LogP contribution is -2.61. The molecule has 10 nitrogen and oxygen atoms in total. The molecule has 5 rings (SSSR count). The zero-order valence-corrected chi connectivity index (χ0v) is 20.2. The number of anilines is 1. The Morgan fingerprint density at radius 2 is 2.09 bits per heavy atom. The Morgan fingerprint density at radius 1 is 1.29 bits per heavy atom. The molecule has 4 heterocycles. The van der Waals surface area contributed by atoms with Crippen LogP contribution >= 0.6 is 0 Å². The van der Waals surface area contributed by atoms with E-state index >= 15 is 0 Å². The van der Waals surface area contributed by atoms with E-state index in [0.29, 0.717) is 32.7 Å². The molecule has 5 atom stereocenters. The molecule has 0 radical (unpaired) electrons. The monoisotopic (exact) mass is 488 g/mol. The number of piperidine rings is 1. The summed E-state index contributed by atoms with van der Waals surface area (Å²) in [7, 11) is -3.49. The Bertz CT molecular complexity index is 1070. The van der Waals surface area contributed by atoms with Crippen molar-refractivity contribution in [1.82, 2.24) is 20.1 Å². The zero-order valence-electron chi connectivity index (χ0n) is 19.4. The minimum absolute atomic E-state index is 0.0291. The third kappa shape index (κ3) is 3.97. The van der Waals surface area contributed by atoms with Gasteiger partial charge in [0.25, 0.3) is 0 Å². The van der Waals surface area contributed by atoms with Crippen LogP contribution in [0.25, 0.3) is 0 Å². The molecule has 4 aliphatic heterocycles. The lowest BCUT2D eigenvalue weighted by Gasteiger charge is -2.46. The molecule has 11 heteroatoms. The van der Waals surface area contributed by atoms with Crippen molar-refractivity contribution in [2.45, 2.75) is 67.7 Å². The first kappa shape index (κ1) is 23.5. The maximum absolute atomic E-state index is 12.9. The van der Waals surface area contributed by atoms with Gasteiger partial charge in [0.1, 0.15) is 6.17 Å². The molecule has 0 bridgehead atoms. The fourth-order valence-corrected chi connectivity index (χ4v) is 7.38. The molecule has 4 aliphatic rings. The number of sulfonamides is 1. The van der Waals surface area contributed by atoms with Crippen LogP contribution in [0, 0.1) is 17.2 Å². The van der Waals surface area contributed by atoms with Crippen molar-refractivity contribution in [2.75, 3.05) is 31.6 Å². The second kappa shape index (κ2) is 9.09. The van der Waals surface area contributed by atoms with Crippen LogP contribution in [0.1, 0.15) is 39.0 Å². The Balaban J connectivity index is 1.37. The highest BCUT2D eigenvalue weighted by Crippen LogP contribution is 2.39. The SMILES string of the molecule is CC1CCN1S(=O)(=O)c1ccc(NC2NN([C@]3(CC#N)CCCOC3)C3CCNC(=O)C23)cc1. The molecule has 3 N–H and O–H groups in total. The molecule has 0 aliphatic carbocycles. The maximum atomic E-state index is 12.9. The number of hydrogen-bond donors (Lipinski definition) is 3. The molecular weight excluding hydrogens is 456 g/mol. The number of fused-ring (bicyclic) bond motifs is 1. The Morgan fingerprint density at radius 3 is 2.71 bits per heavy atom. The Kier molecular flexibility index (Phi) is 6.29. The van der Waals surface area contributed by atoms with Crippen molar-refractivity contribution in [1.29, 1.82) is 5.26 Å². The standard InChI is InChI=1S/C23H32N6O4S/c1-16-8-13-28(16)34(31,32)18-5-3-17(4-6-18)26-21-20-19(7-12-25-22(20)30)29(27-21)23(10-11-24)9-2-14-33-15-23/h3-6,16,19-21,26-27H,2,7-10,12-15H2,1H3,(H,25,30)/t16?,19?,20?,21?,23-/m0/s1. The molecule has 184 valence electrons. The Hall–Kier alpha value is -2.23. The highest BCUT2D eigenvalue weighted by molar-refractivity contribution is 7.89. The van der Waals surface area contributed by atoms with Gasteiger partial charge in [-0.15, -0.1) is 0 Å². The molecule has 1 amide bonds. The fourth-order valence-electron chi connectivity index (χ4n) is 5.70. The quantitative estimate of drug-likeness (QED) is 0.541. The number of carbonyl (C=O) groups excluding carboxylic acids is 1. The van der Waals surface area contributed by atoms with Crippen molar-refractivity contribution in [3.63, 3.8) is 0 Å². The summed E-state index contributed by atoms with van der Waals surface area (Å²) in [5.74, 6) is -0.379. The normalized spacial score (nSPS) is 34.5. The number of hydrogen-bond acceptors (Lipinski definition) is 8. The van der Waals surface area contributed by atoms with Crippen LogP contribution in [0.5, 0.6) is 0 Å². The molecule has 34 heavy (non-hydrogen) atoms. The largest absolute Gasteiger partial charge is 0.379 e. The summed E-state index contributed by atoms with van der Waals surface area (Å²) >= 11 is 0. The fraction of sp³-hybridized carbons (Fsp3) is 0.652. The van der Waals surface area contributed by atoms with E-state index in [9.17, 15) is 18.5 Å². The van der Waals surface area contributed by atoms with E-state index in [0.717, 1.165) is 31.4 Å². The van der Waals surface area contributed by atoms with E-state index in [1.807, 2.05) is 6.92 Å². The van der Waals surface area contributed by atoms with Crippen molar-refractivity contribution in [3.8, 4) is 6.07 Å². The number of nitriles is 1. The molecular formula is C23H32N6O4S. The molecule has 1 aromatic rings. The van der Waals surface area contributed by atoms with E-state index in [1.165, 1.54) is 4.31 Å². The van der Waals surface area contributed by atoms with E-state index < -0.39 is 15.6 Å². The molecule has 0 aromatic heterocycles. The van der Waals surface area contributed by atoms with Gasteiger partial charge in [0.05, 0.1) is 35.4 Å². The summed E-state index contributed by atoms with van der Waals surface area (Å²) in [5, 5.41) is 18.0. The van der Waals surface area contributed by atoms with Gasteiger partial charge in [-0.05, 0) is 56.9 Å². The minimum atomic E-state index is -3.49. The second-order valence-corrected chi connectivity index (χ2v) is 11.7. The smallest absolute Gasteiger partial charge is 0.243 e. The van der Waals surface area contributed by atoms with Gasteiger partial charge in [-0.3, -0.25) is 4.79 Å². The molecule has 1 aromatic carbocycles. The van der Waals surface area contributed by atoms with Crippen LogP contribution in [0.3, 0.4) is 0 Å². The van der Waals surface area contributed by atoms with Crippen molar-refractivity contribution in [2.24, 2.45) is 5.92 Å². The average Bonchev–Trinajstić information content (AvgIpc) is 3.19. The first-order chi connectivity index (χ1) is 16.4. The number of amides is 1. The number of hydrazine groups is 1. The highest BCUT2D eigenvalue weighted by atomic mass is 32.2. The topological polar surface area (TPSA) is 127 Å². The predicted molar refractivity (Wildman–Crippen MR) is 125 cm³/mol. The number of carbonyl (C=O) groups is 1. The van der Waals surface area contributed by atoms with Crippen LogP contribution < -0.4 is 16.1 Å². The van der Waals surface area contributed by atoms with Crippen molar-refractivity contribution >= 4 is 21.6 Å². The van der Waals surface area contributed by atoms with Gasteiger partial charge in [-0.2, -0.15) is 9.57 Å². The maximum Gasteiger partial charge on any atom is 0.243 e. The van der Waals surface area contributed by atoms with Crippen molar-refractivity contribution in [3.05, 3.63) is 24.3 Å². The van der Waals surface area contributed by atoms with E-state index in [2.05, 4.69) is 27.1 Å². The third-order valence-electron chi connectivity index (χ3n) is 7.69. The Labute approximate surface area is 200 Å². The minimum Gasteiger partial charge on any atom is -0.379 e. The lowest BCUT2D eigenvalue weighted by molar-refractivity contribution is -0.130. The summed E-state index contributed by atoms with van der Waals surface area (Å²) in [6.45, 7) is 4.19. The number of nitrogens with one attached hydrogen (secondary N) is 3. The third-order valence-corrected chi connectivity index (χ3v) is 9.72. The van der Waals surface area contributed by atoms with Gasteiger partial charge in [0.15, 0.2) is 0 Å². The molecule has 0 saturated carbocycles. The number of ether oxygens (including phenoxy) is 1. The van der Waals surface area contributed by atoms with Crippen LogP contribution in [-0.4, -0.2) is 73.7 Å². The zero-order chi connectivity index (χ0) is 23.9. The summed E-state index contributed by atoms with van der Waals surface area (Å²) in [5.41, 5.74) is 3.75. The molecule has 4 saturated heterocycles. The molecule has 4 unspecified atom stereocenters. The first-order valence-corrected chi connectivity index (χ1v) is 13.5. The predicted octanol–water partition coefficient (Wildman–Crippen LogP) is 0.995. The van der Waals surface area contributed by atoms with Gasteiger partial charge in [-0.1, -0.05) is 0 Å². The number of rotatable bonds is 6. The summed E-state index contributed by atoms with van der Waals surface area (Å²) < 4.78 is 32.9. The van der Waals surface area contributed by atoms with Gasteiger partial charge < -0.3 is 15.4 Å². The molecule has 0 spiro atoms. The lowest BCUT2D eigenvalue weighted by atomic mass is 9.84. The van der Waals surface area contributed by atoms with Gasteiger partial charge >= 0.3 is 0 Å². The summed E-state index contributed by atoms with van der Waals surface area (Å²) in [6, 6.07) is 9.00. The second-order valence-electron chi connectivity index (χ2n) is 9.79. The van der Waals surface area contributed by atoms with E-state index in [4.69, 9.17) is 4.74 Å².